The van der Waals surface area contributed by atoms with Crippen LogP contribution < -0.4 is 5.32 Å². The van der Waals surface area contributed by atoms with Gasteiger partial charge in [-0.2, -0.15) is 0 Å². The molecule has 4 nitrogen and oxygen atoms in total. The Morgan fingerprint density at radius 1 is 1.42 bits per heavy atom. The molecule has 0 fully saturated rings. The number of halogens is 1. The Balaban J connectivity index is 2.13. The number of aryl methyl sites for hydroxylation is 1. The van der Waals surface area contributed by atoms with Crippen LogP contribution in [0, 0.1) is 0 Å². The van der Waals surface area contributed by atoms with Gasteiger partial charge in [-0.05, 0) is 46.6 Å². The van der Waals surface area contributed by atoms with E-state index < -0.39 is 0 Å². The predicted molar refractivity (Wildman–Crippen MR) is 77.1 cm³/mol. The van der Waals surface area contributed by atoms with Gasteiger partial charge in [-0.25, -0.2) is 0 Å². The van der Waals surface area contributed by atoms with Crippen molar-refractivity contribution in [2.45, 2.75) is 13.0 Å². The number of hydrogen-bond donors (Lipinski definition) is 2. The summed E-state index contributed by atoms with van der Waals surface area (Å²) in [5.74, 6) is 0.0456. The molecule has 1 aromatic heterocycles. The number of nitrogens with one attached hydrogen (secondary N) is 1. The molecule has 0 aliphatic heterocycles. The number of aromatic hydroxyl groups is 1. The molecule has 0 bridgehead atoms. The maximum atomic E-state index is 12.1. The molecule has 2 N–H and O–H groups in total. The molecule has 0 saturated heterocycles. The van der Waals surface area contributed by atoms with Crippen LogP contribution in [-0.4, -0.2) is 15.6 Å². The Labute approximate surface area is 120 Å². The van der Waals surface area contributed by atoms with Crippen LogP contribution in [0.4, 0.5) is 0 Å². The minimum atomic E-state index is -0.173. The predicted octanol–water partition coefficient (Wildman–Crippen LogP) is 2.98. The number of amides is 1. The Hall–Kier alpha value is -1.75. The zero-order chi connectivity index (χ0) is 14.0. The maximum absolute atomic E-state index is 12.1. The van der Waals surface area contributed by atoms with E-state index in [0.717, 1.165) is 10.0 Å². The smallest absolute Gasteiger partial charge is 0.268 e. The fourth-order valence-electron chi connectivity index (χ4n) is 1.90. The molecule has 5 heteroatoms. The molecule has 2 aromatic rings. The fraction of sp³-hybridized carbons (Fsp3) is 0.214. The second kappa shape index (κ2) is 5.48. The summed E-state index contributed by atoms with van der Waals surface area (Å²) < 4.78 is 2.62. The topological polar surface area (TPSA) is 54.3 Å². The Morgan fingerprint density at radius 3 is 2.74 bits per heavy atom. The molecule has 2 rings (SSSR count). The van der Waals surface area contributed by atoms with Crippen molar-refractivity contribution in [3.05, 3.63) is 52.3 Å². The highest BCUT2D eigenvalue weighted by Crippen LogP contribution is 2.19. The highest BCUT2D eigenvalue weighted by atomic mass is 79.9. The van der Waals surface area contributed by atoms with Crippen molar-refractivity contribution in [2.75, 3.05) is 0 Å². The first-order valence-electron chi connectivity index (χ1n) is 5.89. The van der Waals surface area contributed by atoms with Gasteiger partial charge in [0.05, 0.1) is 6.04 Å². The van der Waals surface area contributed by atoms with Crippen molar-refractivity contribution in [1.82, 2.24) is 9.88 Å². The van der Waals surface area contributed by atoms with Crippen molar-refractivity contribution in [3.8, 4) is 5.75 Å². The lowest BCUT2D eigenvalue weighted by Gasteiger charge is -2.14. The number of phenols is 1. The first-order valence-corrected chi connectivity index (χ1v) is 6.68. The molecule has 0 radical (unpaired) electrons. The number of hydrogen-bond acceptors (Lipinski definition) is 2. The fourth-order valence-corrected chi connectivity index (χ4v) is 2.42. The van der Waals surface area contributed by atoms with Gasteiger partial charge in [-0.3, -0.25) is 4.79 Å². The lowest BCUT2D eigenvalue weighted by Crippen LogP contribution is -2.28. The summed E-state index contributed by atoms with van der Waals surface area (Å²) in [5, 5.41) is 12.3. The van der Waals surface area contributed by atoms with Crippen molar-refractivity contribution < 1.29 is 9.90 Å². The summed E-state index contributed by atoms with van der Waals surface area (Å²) in [4.78, 5) is 12.1. The standard InChI is InChI=1S/C14H15BrN2O2/c1-9(10-4-3-5-12(18)6-10)16-14(19)13-7-11(15)8-17(13)2/h3-9,18H,1-2H3,(H,16,19). The van der Waals surface area contributed by atoms with Gasteiger partial charge in [0.15, 0.2) is 0 Å². The number of rotatable bonds is 3. The average Bonchev–Trinajstić information content (AvgIpc) is 2.68. The van der Waals surface area contributed by atoms with Crippen LogP contribution >= 0.6 is 15.9 Å². The second-order valence-electron chi connectivity index (χ2n) is 4.44. The summed E-state index contributed by atoms with van der Waals surface area (Å²) in [6.07, 6.45) is 1.83. The van der Waals surface area contributed by atoms with E-state index in [1.807, 2.05) is 26.2 Å². The summed E-state index contributed by atoms with van der Waals surface area (Å²) in [6.45, 7) is 1.88. The van der Waals surface area contributed by atoms with Crippen molar-refractivity contribution in [3.63, 3.8) is 0 Å². The molecule has 1 unspecified atom stereocenters. The molecular formula is C14H15BrN2O2. The molecule has 100 valence electrons. The van der Waals surface area contributed by atoms with E-state index in [0.29, 0.717) is 5.69 Å². The van der Waals surface area contributed by atoms with Crippen LogP contribution in [-0.2, 0) is 7.05 Å². The van der Waals surface area contributed by atoms with Gasteiger partial charge < -0.3 is 15.0 Å². The van der Waals surface area contributed by atoms with E-state index in [2.05, 4.69) is 21.2 Å². The monoisotopic (exact) mass is 322 g/mol. The van der Waals surface area contributed by atoms with Crippen LogP contribution in [0.3, 0.4) is 0 Å². The molecule has 19 heavy (non-hydrogen) atoms. The zero-order valence-corrected chi connectivity index (χ0v) is 12.3. The van der Waals surface area contributed by atoms with Gasteiger partial charge in [-0.1, -0.05) is 12.1 Å². The average molecular weight is 323 g/mol. The lowest BCUT2D eigenvalue weighted by atomic mass is 10.1. The first kappa shape index (κ1) is 13.7. The van der Waals surface area contributed by atoms with Crippen LogP contribution in [0.25, 0.3) is 0 Å². The van der Waals surface area contributed by atoms with Gasteiger partial charge in [-0.15, -0.1) is 0 Å². The van der Waals surface area contributed by atoms with Gasteiger partial charge in [0.25, 0.3) is 5.91 Å². The number of carbonyl (C=O) groups is 1. The normalized spacial score (nSPS) is 12.2. The molecule has 1 amide bonds. The molecule has 1 heterocycles. The minimum absolute atomic E-state index is 0.149. The number of carbonyl (C=O) groups excluding carboxylic acids is 1. The Bertz CT molecular complexity index is 607. The number of aromatic nitrogens is 1. The van der Waals surface area contributed by atoms with Gasteiger partial charge in [0, 0.05) is 17.7 Å². The van der Waals surface area contributed by atoms with Crippen LogP contribution in [0.15, 0.2) is 41.0 Å². The molecule has 0 spiro atoms. The number of benzene rings is 1. The molecule has 1 atom stereocenters. The van der Waals surface area contributed by atoms with E-state index >= 15 is 0 Å². The highest BCUT2D eigenvalue weighted by molar-refractivity contribution is 9.10. The lowest BCUT2D eigenvalue weighted by molar-refractivity contribution is 0.0931. The summed E-state index contributed by atoms with van der Waals surface area (Å²) in [7, 11) is 1.82. The van der Waals surface area contributed by atoms with Gasteiger partial charge in [0.1, 0.15) is 11.4 Å². The van der Waals surface area contributed by atoms with Crippen molar-refractivity contribution >= 4 is 21.8 Å². The van der Waals surface area contributed by atoms with Crippen molar-refractivity contribution in [2.24, 2.45) is 7.05 Å². The highest BCUT2D eigenvalue weighted by Gasteiger charge is 2.14. The SMILES string of the molecule is CC(NC(=O)c1cc(Br)cn1C)c1cccc(O)c1. The molecule has 1 aromatic carbocycles. The van der Waals surface area contributed by atoms with E-state index in [4.69, 9.17) is 0 Å². The molecule has 0 aliphatic carbocycles. The van der Waals surface area contributed by atoms with E-state index in [9.17, 15) is 9.90 Å². The Morgan fingerprint density at radius 2 is 2.16 bits per heavy atom. The largest absolute Gasteiger partial charge is 0.508 e. The summed E-state index contributed by atoms with van der Waals surface area (Å²) in [5.41, 5.74) is 1.44. The summed E-state index contributed by atoms with van der Waals surface area (Å²) >= 11 is 3.34. The molecule has 0 saturated carbocycles. The van der Waals surface area contributed by atoms with E-state index in [1.54, 1.807) is 28.8 Å². The Kier molecular flexibility index (Phi) is 3.95. The third kappa shape index (κ3) is 3.17. The van der Waals surface area contributed by atoms with Crippen molar-refractivity contribution in [1.29, 1.82) is 0 Å². The zero-order valence-electron chi connectivity index (χ0n) is 10.7. The summed E-state index contributed by atoms with van der Waals surface area (Å²) in [6, 6.07) is 8.47. The van der Waals surface area contributed by atoms with Gasteiger partial charge >= 0.3 is 0 Å². The minimum Gasteiger partial charge on any atom is -0.508 e. The third-order valence-corrected chi connectivity index (χ3v) is 3.36. The quantitative estimate of drug-likeness (QED) is 0.912. The molecular weight excluding hydrogens is 308 g/mol. The number of phenolic OH excluding ortho intramolecular Hbond substituents is 1. The van der Waals surface area contributed by atoms with Crippen LogP contribution in [0.5, 0.6) is 5.75 Å². The number of nitrogens with zero attached hydrogens (tertiary/aromatic N) is 1. The first-order chi connectivity index (χ1) is 8.97. The second-order valence-corrected chi connectivity index (χ2v) is 5.36. The van der Waals surface area contributed by atoms with Gasteiger partial charge in [0.2, 0.25) is 0 Å². The third-order valence-electron chi connectivity index (χ3n) is 2.92. The van der Waals surface area contributed by atoms with E-state index in [1.165, 1.54) is 0 Å². The van der Waals surface area contributed by atoms with E-state index in [-0.39, 0.29) is 17.7 Å². The molecule has 0 aliphatic rings. The van der Waals surface area contributed by atoms with Crippen LogP contribution in [0.1, 0.15) is 29.0 Å². The maximum Gasteiger partial charge on any atom is 0.268 e. The van der Waals surface area contributed by atoms with Crippen LogP contribution in [0.2, 0.25) is 0 Å².